The number of para-hydroxylation sites is 1. The van der Waals surface area contributed by atoms with Gasteiger partial charge in [0.25, 0.3) is 5.91 Å². The van der Waals surface area contributed by atoms with Crippen LogP contribution in [-0.4, -0.2) is 21.9 Å². The summed E-state index contributed by atoms with van der Waals surface area (Å²) in [5.74, 6) is 0.0579. The molecule has 0 saturated heterocycles. The molecule has 0 saturated carbocycles. The number of ether oxygens (including phenoxy) is 1. The predicted octanol–water partition coefficient (Wildman–Crippen LogP) is 2.25. The molecule has 3 amide bonds. The van der Waals surface area contributed by atoms with Crippen LogP contribution in [0.1, 0.15) is 15.9 Å². The third kappa shape index (κ3) is 3.81. The number of primary amides is 2. The van der Waals surface area contributed by atoms with Crippen molar-refractivity contribution >= 4 is 17.8 Å². The second-order valence-corrected chi connectivity index (χ2v) is 5.47. The Balaban J connectivity index is 1.92. The van der Waals surface area contributed by atoms with E-state index >= 15 is 0 Å². The first-order valence-corrected chi connectivity index (χ1v) is 7.75. The Bertz CT molecular complexity index is 937. The van der Waals surface area contributed by atoms with Crippen LogP contribution in [0, 0.1) is 0 Å². The van der Waals surface area contributed by atoms with Crippen molar-refractivity contribution in [3.05, 3.63) is 66.0 Å². The minimum Gasteiger partial charge on any atom is -0.488 e. The zero-order valence-electron chi connectivity index (χ0n) is 13.7. The maximum Gasteiger partial charge on any atom is 0.317 e. The van der Waals surface area contributed by atoms with Gasteiger partial charge in [0.15, 0.2) is 0 Å². The van der Waals surface area contributed by atoms with E-state index in [1.165, 1.54) is 0 Å². The van der Waals surface area contributed by atoms with E-state index in [0.717, 1.165) is 5.56 Å². The quantitative estimate of drug-likeness (QED) is 0.541. The molecule has 0 unspecified atom stereocenters. The third-order valence-corrected chi connectivity index (χ3v) is 3.65. The largest absolute Gasteiger partial charge is 0.488 e. The normalized spacial score (nSPS) is 10.3. The van der Waals surface area contributed by atoms with Gasteiger partial charge >= 0.3 is 6.03 Å². The van der Waals surface area contributed by atoms with Gasteiger partial charge in [-0.05, 0) is 35.9 Å². The summed E-state index contributed by atoms with van der Waals surface area (Å²) < 4.78 is 5.89. The summed E-state index contributed by atoms with van der Waals surface area (Å²) in [6.07, 6.45) is 3.38. The molecular formula is C18H17N5O3. The number of carbonyl (C=O) groups excluding carboxylic acids is 2. The maximum absolute atomic E-state index is 11.6. The number of rotatable bonds is 6. The average Bonchev–Trinajstić information content (AvgIpc) is 3.04. The minimum absolute atomic E-state index is 0.128. The van der Waals surface area contributed by atoms with Crippen LogP contribution >= 0.6 is 0 Å². The maximum atomic E-state index is 11.6. The van der Waals surface area contributed by atoms with Gasteiger partial charge in [-0.25, -0.2) is 4.79 Å². The molecule has 0 radical (unpaired) electrons. The SMILES string of the molecule is NC(=O)Nc1[nH]c(-c2ccccc2OCc2ccncc2)cc1C(N)=O. The zero-order chi connectivity index (χ0) is 18.5. The first-order valence-electron chi connectivity index (χ1n) is 7.75. The van der Waals surface area contributed by atoms with Crippen molar-refractivity contribution in [3.8, 4) is 17.0 Å². The van der Waals surface area contributed by atoms with E-state index in [1.54, 1.807) is 18.5 Å². The molecule has 8 nitrogen and oxygen atoms in total. The van der Waals surface area contributed by atoms with Crippen molar-refractivity contribution < 1.29 is 14.3 Å². The summed E-state index contributed by atoms with van der Waals surface area (Å²) in [5, 5.41) is 2.36. The Hall–Kier alpha value is -3.81. The van der Waals surface area contributed by atoms with E-state index in [9.17, 15) is 9.59 Å². The van der Waals surface area contributed by atoms with Gasteiger partial charge < -0.3 is 21.2 Å². The fraction of sp³-hybridized carbons (Fsp3) is 0.0556. The summed E-state index contributed by atoms with van der Waals surface area (Å²) in [7, 11) is 0. The Kier molecular flexibility index (Phi) is 4.84. The number of pyridine rings is 1. The van der Waals surface area contributed by atoms with Gasteiger partial charge in [0.2, 0.25) is 0 Å². The molecule has 0 atom stereocenters. The van der Waals surface area contributed by atoms with E-state index in [4.69, 9.17) is 16.2 Å². The highest BCUT2D eigenvalue weighted by molar-refractivity contribution is 6.03. The number of hydrogen-bond donors (Lipinski definition) is 4. The molecule has 3 rings (SSSR count). The van der Waals surface area contributed by atoms with Crippen molar-refractivity contribution in [2.24, 2.45) is 11.5 Å². The zero-order valence-corrected chi connectivity index (χ0v) is 13.7. The molecule has 0 aliphatic heterocycles. The number of amides is 3. The first-order chi connectivity index (χ1) is 12.5. The van der Waals surface area contributed by atoms with Crippen molar-refractivity contribution in [3.63, 3.8) is 0 Å². The molecule has 2 aromatic heterocycles. The number of H-pyrrole nitrogens is 1. The van der Waals surface area contributed by atoms with E-state index < -0.39 is 11.9 Å². The number of aromatic amines is 1. The number of anilines is 1. The number of aromatic nitrogens is 2. The molecule has 3 aromatic rings. The standard InChI is InChI=1S/C18H17N5O3/c19-16(24)13-9-14(22-17(13)23-18(20)25)12-3-1-2-4-15(12)26-10-11-5-7-21-8-6-11/h1-9,22H,10H2,(H2,19,24)(H3,20,23,25). The number of benzene rings is 1. The fourth-order valence-electron chi connectivity index (χ4n) is 2.47. The van der Waals surface area contributed by atoms with Gasteiger partial charge in [0, 0.05) is 18.0 Å². The van der Waals surface area contributed by atoms with Crippen LogP contribution in [0.3, 0.4) is 0 Å². The molecule has 0 spiro atoms. The summed E-state index contributed by atoms with van der Waals surface area (Å²) >= 11 is 0. The number of nitrogens with zero attached hydrogens (tertiary/aromatic N) is 1. The highest BCUT2D eigenvalue weighted by Crippen LogP contribution is 2.32. The van der Waals surface area contributed by atoms with Crippen LogP contribution in [-0.2, 0) is 6.61 Å². The highest BCUT2D eigenvalue weighted by atomic mass is 16.5. The molecular weight excluding hydrogens is 334 g/mol. The van der Waals surface area contributed by atoms with Crippen molar-refractivity contribution in [1.29, 1.82) is 0 Å². The molecule has 6 N–H and O–H groups in total. The summed E-state index contributed by atoms with van der Waals surface area (Å²) in [5.41, 5.74) is 12.9. The van der Waals surface area contributed by atoms with Gasteiger partial charge in [0.05, 0.1) is 11.3 Å². The molecule has 132 valence electrons. The van der Waals surface area contributed by atoms with Crippen molar-refractivity contribution in [2.45, 2.75) is 6.61 Å². The van der Waals surface area contributed by atoms with Crippen molar-refractivity contribution in [2.75, 3.05) is 5.32 Å². The molecule has 0 aliphatic rings. The summed E-state index contributed by atoms with van der Waals surface area (Å²) in [4.78, 5) is 29.7. The Morgan fingerprint density at radius 2 is 1.85 bits per heavy atom. The van der Waals surface area contributed by atoms with E-state index in [-0.39, 0.29) is 11.4 Å². The van der Waals surface area contributed by atoms with Gasteiger partial charge in [-0.2, -0.15) is 0 Å². The number of urea groups is 1. The summed E-state index contributed by atoms with van der Waals surface area (Å²) in [6.45, 7) is 0.356. The van der Waals surface area contributed by atoms with E-state index in [2.05, 4.69) is 15.3 Å². The van der Waals surface area contributed by atoms with Crippen LogP contribution in [0.2, 0.25) is 0 Å². The number of hydrogen-bond acceptors (Lipinski definition) is 4. The molecule has 0 aliphatic carbocycles. The Morgan fingerprint density at radius 1 is 1.12 bits per heavy atom. The van der Waals surface area contributed by atoms with Gasteiger partial charge in [-0.1, -0.05) is 12.1 Å². The lowest BCUT2D eigenvalue weighted by Crippen LogP contribution is -2.22. The Labute approximate surface area is 149 Å². The molecule has 2 heterocycles. The third-order valence-electron chi connectivity index (χ3n) is 3.65. The van der Waals surface area contributed by atoms with Crippen LogP contribution < -0.4 is 21.5 Å². The van der Waals surface area contributed by atoms with E-state index in [1.807, 2.05) is 36.4 Å². The van der Waals surface area contributed by atoms with Gasteiger partial charge in [-0.15, -0.1) is 0 Å². The van der Waals surface area contributed by atoms with Crippen LogP contribution in [0.15, 0.2) is 54.9 Å². The lowest BCUT2D eigenvalue weighted by molar-refractivity contribution is 0.100. The topological polar surface area (TPSA) is 136 Å². The van der Waals surface area contributed by atoms with E-state index in [0.29, 0.717) is 23.6 Å². The van der Waals surface area contributed by atoms with Crippen LogP contribution in [0.4, 0.5) is 10.6 Å². The monoisotopic (exact) mass is 351 g/mol. The lowest BCUT2D eigenvalue weighted by Gasteiger charge is -2.10. The number of carbonyl (C=O) groups is 2. The smallest absolute Gasteiger partial charge is 0.317 e. The highest BCUT2D eigenvalue weighted by Gasteiger charge is 2.17. The molecule has 26 heavy (non-hydrogen) atoms. The first kappa shape index (κ1) is 17.0. The van der Waals surface area contributed by atoms with Gasteiger partial charge in [0.1, 0.15) is 18.2 Å². The second kappa shape index (κ2) is 7.39. The summed E-state index contributed by atoms with van der Waals surface area (Å²) in [6, 6.07) is 11.8. The molecule has 0 bridgehead atoms. The molecule has 1 aromatic carbocycles. The number of nitrogens with one attached hydrogen (secondary N) is 2. The fourth-order valence-corrected chi connectivity index (χ4v) is 2.47. The second-order valence-electron chi connectivity index (χ2n) is 5.47. The van der Waals surface area contributed by atoms with Crippen molar-refractivity contribution in [1.82, 2.24) is 9.97 Å². The predicted molar refractivity (Wildman–Crippen MR) is 96.5 cm³/mol. The molecule has 0 fully saturated rings. The average molecular weight is 351 g/mol. The molecule has 8 heteroatoms. The Morgan fingerprint density at radius 3 is 2.54 bits per heavy atom. The van der Waals surface area contributed by atoms with Crippen LogP contribution in [0.5, 0.6) is 5.75 Å². The minimum atomic E-state index is -0.803. The lowest BCUT2D eigenvalue weighted by atomic mass is 10.1. The number of nitrogens with two attached hydrogens (primary N) is 2. The van der Waals surface area contributed by atoms with Crippen LogP contribution in [0.25, 0.3) is 11.3 Å². The van der Waals surface area contributed by atoms with Gasteiger partial charge in [-0.3, -0.25) is 15.1 Å².